The zero-order valence-electron chi connectivity index (χ0n) is 18.1. The first-order chi connectivity index (χ1) is 16.5. The van der Waals surface area contributed by atoms with Crippen LogP contribution in [-0.2, 0) is 0 Å². The summed E-state index contributed by atoms with van der Waals surface area (Å²) in [5, 5.41) is 0.173. The number of rotatable bonds is 5. The van der Waals surface area contributed by atoms with E-state index in [0.717, 1.165) is 11.0 Å². The highest BCUT2D eigenvalue weighted by Crippen LogP contribution is 2.37. The highest BCUT2D eigenvalue weighted by Gasteiger charge is 2.18. The molecule has 9 heteroatoms. The molecule has 0 N–H and O–H groups in total. The Hall–Kier alpha value is -3.88. The van der Waals surface area contributed by atoms with Crippen LogP contribution in [0.15, 0.2) is 65.5 Å². The van der Waals surface area contributed by atoms with Gasteiger partial charge in [-0.05, 0) is 60.2 Å². The maximum absolute atomic E-state index is 13.0. The minimum Gasteiger partial charge on any atom is -0.497 e. The van der Waals surface area contributed by atoms with Gasteiger partial charge in [-0.1, -0.05) is 35.1 Å². The Morgan fingerprint density at radius 1 is 1.06 bits per heavy atom. The lowest BCUT2D eigenvalue weighted by Gasteiger charge is -2.12. The molecule has 170 valence electrons. The summed E-state index contributed by atoms with van der Waals surface area (Å²) in [6.07, 6.45) is 1.71. The number of carbonyl (C=O) groups is 1. The van der Waals surface area contributed by atoms with E-state index in [0.29, 0.717) is 26.4 Å². The van der Waals surface area contributed by atoms with Crippen LogP contribution in [0.5, 0.6) is 17.2 Å². The zero-order chi connectivity index (χ0) is 23.8. The van der Waals surface area contributed by atoms with E-state index >= 15 is 0 Å². The predicted molar refractivity (Wildman–Crippen MR) is 132 cm³/mol. The Morgan fingerprint density at radius 2 is 1.82 bits per heavy atom. The van der Waals surface area contributed by atoms with Gasteiger partial charge in [0.15, 0.2) is 16.5 Å². The van der Waals surface area contributed by atoms with Crippen molar-refractivity contribution in [3.63, 3.8) is 0 Å². The molecule has 0 aliphatic carbocycles. The molecule has 5 aromatic rings. The number of carbonyl (C=O) groups excluding carboxylic acids is 1. The number of benzene rings is 3. The Bertz CT molecular complexity index is 1660. The number of halogens is 1. The van der Waals surface area contributed by atoms with Gasteiger partial charge < -0.3 is 14.2 Å². The summed E-state index contributed by atoms with van der Waals surface area (Å²) in [5.41, 5.74) is 2.32. The predicted octanol–water partition coefficient (Wildman–Crippen LogP) is 4.35. The highest BCUT2D eigenvalue weighted by molar-refractivity contribution is 7.15. The number of imidazole rings is 1. The normalized spacial score (nSPS) is 11.8. The van der Waals surface area contributed by atoms with E-state index < -0.39 is 5.97 Å². The molecule has 0 radical (unpaired) electrons. The third kappa shape index (κ3) is 3.87. The number of esters is 1. The van der Waals surface area contributed by atoms with Crippen molar-refractivity contribution < 1.29 is 19.0 Å². The number of hydrogen-bond acceptors (Lipinski definition) is 7. The molecule has 0 saturated carbocycles. The van der Waals surface area contributed by atoms with Crippen LogP contribution in [-0.4, -0.2) is 29.6 Å². The molecule has 0 bridgehead atoms. The van der Waals surface area contributed by atoms with E-state index in [1.807, 2.05) is 24.3 Å². The molecule has 2 heterocycles. The van der Waals surface area contributed by atoms with E-state index in [2.05, 4.69) is 4.98 Å². The van der Waals surface area contributed by atoms with Crippen LogP contribution < -0.4 is 24.3 Å². The number of para-hydroxylation sites is 2. The molecule has 0 aliphatic rings. The molecule has 7 nitrogen and oxygen atoms in total. The molecular formula is C25H17ClN2O5S. The van der Waals surface area contributed by atoms with E-state index in [4.69, 9.17) is 25.8 Å². The van der Waals surface area contributed by atoms with Crippen LogP contribution in [0.3, 0.4) is 0 Å². The minimum atomic E-state index is -0.590. The van der Waals surface area contributed by atoms with E-state index in [1.54, 1.807) is 54.0 Å². The molecule has 0 aliphatic heterocycles. The number of fused-ring (bicyclic) bond motifs is 3. The topological polar surface area (TPSA) is 79.1 Å². The standard InChI is InChI=1S/C25H17ClN2O5S/c1-31-16-9-7-15(8-10-16)24(30)33-22-17(26)11-14(12-20(22)32-2)13-21-23(29)28-19-6-4-3-5-18(19)27-25(28)34-21/h3-13H,1-2H3. The zero-order valence-corrected chi connectivity index (χ0v) is 19.6. The molecule has 34 heavy (non-hydrogen) atoms. The first-order valence-corrected chi connectivity index (χ1v) is 11.3. The van der Waals surface area contributed by atoms with Gasteiger partial charge in [0.25, 0.3) is 5.56 Å². The van der Waals surface area contributed by atoms with Gasteiger partial charge in [0.2, 0.25) is 0 Å². The number of methoxy groups -OCH3 is 2. The van der Waals surface area contributed by atoms with Crippen LogP contribution in [0.1, 0.15) is 15.9 Å². The Kier molecular flexibility index (Phi) is 5.69. The molecule has 3 aromatic carbocycles. The Balaban J connectivity index is 1.51. The van der Waals surface area contributed by atoms with Gasteiger partial charge in [0.1, 0.15) is 5.75 Å². The van der Waals surface area contributed by atoms with Gasteiger partial charge in [-0.15, -0.1) is 0 Å². The lowest BCUT2D eigenvalue weighted by atomic mass is 10.2. The number of aromatic nitrogens is 2. The van der Waals surface area contributed by atoms with Gasteiger partial charge >= 0.3 is 5.97 Å². The van der Waals surface area contributed by atoms with Gasteiger partial charge in [-0.2, -0.15) is 0 Å². The number of nitrogens with zero attached hydrogens (tertiary/aromatic N) is 2. The third-order valence-electron chi connectivity index (χ3n) is 5.22. The number of thiazole rings is 1. The van der Waals surface area contributed by atoms with Crippen LogP contribution >= 0.6 is 22.9 Å². The maximum Gasteiger partial charge on any atom is 0.343 e. The first kappa shape index (κ1) is 21.9. The summed E-state index contributed by atoms with van der Waals surface area (Å²) in [6, 6.07) is 17.3. The summed E-state index contributed by atoms with van der Waals surface area (Å²) in [5.74, 6) is 0.392. The van der Waals surface area contributed by atoms with Gasteiger partial charge in [-0.3, -0.25) is 4.79 Å². The Morgan fingerprint density at radius 3 is 2.56 bits per heavy atom. The Labute approximate surface area is 202 Å². The second-order valence-corrected chi connectivity index (χ2v) is 8.70. The van der Waals surface area contributed by atoms with Crippen molar-refractivity contribution in [3.8, 4) is 17.2 Å². The van der Waals surface area contributed by atoms with Crippen molar-refractivity contribution in [3.05, 3.63) is 91.7 Å². The largest absolute Gasteiger partial charge is 0.497 e. The molecule has 0 atom stereocenters. The summed E-state index contributed by atoms with van der Waals surface area (Å²) < 4.78 is 18.1. The lowest BCUT2D eigenvalue weighted by molar-refractivity contribution is 0.0730. The fourth-order valence-electron chi connectivity index (χ4n) is 3.56. The van der Waals surface area contributed by atoms with E-state index in [9.17, 15) is 9.59 Å². The molecule has 0 unspecified atom stereocenters. The van der Waals surface area contributed by atoms with Crippen LogP contribution in [0.2, 0.25) is 5.02 Å². The molecule has 0 saturated heterocycles. The van der Waals surface area contributed by atoms with E-state index in [1.165, 1.54) is 18.4 Å². The van der Waals surface area contributed by atoms with Crippen molar-refractivity contribution in [2.24, 2.45) is 0 Å². The molecule has 0 fully saturated rings. The van der Waals surface area contributed by atoms with Crippen LogP contribution in [0, 0.1) is 0 Å². The SMILES string of the molecule is COc1ccc(C(=O)Oc2c(Cl)cc(C=c3sc4nc5ccccc5n4c3=O)cc2OC)cc1. The van der Waals surface area contributed by atoms with Crippen molar-refractivity contribution in [1.82, 2.24) is 9.38 Å². The maximum atomic E-state index is 13.0. The summed E-state index contributed by atoms with van der Waals surface area (Å²) >= 11 is 7.73. The van der Waals surface area contributed by atoms with Crippen molar-refractivity contribution >= 4 is 51.0 Å². The summed E-state index contributed by atoms with van der Waals surface area (Å²) in [6.45, 7) is 0. The number of hydrogen-bond donors (Lipinski definition) is 0. The average molecular weight is 493 g/mol. The van der Waals surface area contributed by atoms with Crippen LogP contribution in [0.25, 0.3) is 22.1 Å². The fourth-order valence-corrected chi connectivity index (χ4v) is 4.81. The average Bonchev–Trinajstić information content (AvgIpc) is 3.36. The second kappa shape index (κ2) is 8.81. The molecule has 0 spiro atoms. The smallest absolute Gasteiger partial charge is 0.343 e. The molecule has 0 amide bonds. The third-order valence-corrected chi connectivity index (χ3v) is 6.46. The molecule has 2 aromatic heterocycles. The van der Waals surface area contributed by atoms with Gasteiger partial charge in [0.05, 0.1) is 40.4 Å². The van der Waals surface area contributed by atoms with E-state index in [-0.39, 0.29) is 22.1 Å². The van der Waals surface area contributed by atoms with Crippen molar-refractivity contribution in [2.75, 3.05) is 14.2 Å². The molecule has 5 rings (SSSR count). The van der Waals surface area contributed by atoms with Crippen LogP contribution in [0.4, 0.5) is 0 Å². The molecular weight excluding hydrogens is 476 g/mol. The van der Waals surface area contributed by atoms with Gasteiger partial charge in [0, 0.05) is 0 Å². The highest BCUT2D eigenvalue weighted by atomic mass is 35.5. The summed E-state index contributed by atoms with van der Waals surface area (Å²) in [4.78, 5) is 30.8. The monoisotopic (exact) mass is 492 g/mol. The lowest BCUT2D eigenvalue weighted by Crippen LogP contribution is -2.22. The quantitative estimate of drug-likeness (QED) is 0.268. The fraction of sp³-hybridized carbons (Fsp3) is 0.0800. The first-order valence-electron chi connectivity index (χ1n) is 10.1. The number of ether oxygens (including phenoxy) is 3. The summed E-state index contributed by atoms with van der Waals surface area (Å²) in [7, 11) is 2.99. The second-order valence-electron chi connectivity index (χ2n) is 7.29. The van der Waals surface area contributed by atoms with Crippen molar-refractivity contribution in [1.29, 1.82) is 0 Å². The minimum absolute atomic E-state index is 0.0939. The van der Waals surface area contributed by atoms with Gasteiger partial charge in [-0.25, -0.2) is 14.2 Å². The van der Waals surface area contributed by atoms with Crippen molar-refractivity contribution in [2.45, 2.75) is 0 Å².